The molecule has 4 rings (SSSR count). The third-order valence-electron chi connectivity index (χ3n) is 6.10. The lowest BCUT2D eigenvalue weighted by molar-refractivity contribution is 0.0572. The molecule has 0 spiro atoms. The molecular formula is C18H27N5O4S. The van der Waals surface area contributed by atoms with E-state index in [1.165, 1.54) is 4.31 Å². The molecule has 0 bridgehead atoms. The molecule has 1 aliphatic carbocycles. The van der Waals surface area contributed by atoms with Crippen LogP contribution in [-0.4, -0.2) is 82.0 Å². The molecule has 2 aliphatic rings. The summed E-state index contributed by atoms with van der Waals surface area (Å²) in [5.41, 5.74) is 0.812. The van der Waals surface area contributed by atoms with E-state index >= 15 is 0 Å². The highest BCUT2D eigenvalue weighted by atomic mass is 32.2. The first-order valence-corrected chi connectivity index (χ1v) is 11.3. The second kappa shape index (κ2) is 7.58. The topological polar surface area (TPSA) is 123 Å². The predicted octanol–water partition coefficient (Wildman–Crippen LogP) is 0.320. The van der Waals surface area contributed by atoms with Crippen molar-refractivity contribution >= 4 is 26.9 Å². The number of nitrogens with one attached hydrogen (secondary N) is 1. The SMILES string of the molecule is CN(c1ncnc2[nH]ccc12)C1CCC(CS(=O)(=O)N2C[C@@H](O)[C@@H](O)C2)CC1. The first-order valence-electron chi connectivity index (χ1n) is 9.70. The number of hydrogen-bond acceptors (Lipinski definition) is 7. The molecule has 1 aliphatic heterocycles. The summed E-state index contributed by atoms with van der Waals surface area (Å²) in [7, 11) is -1.43. The van der Waals surface area contributed by atoms with Crippen LogP contribution in [0.25, 0.3) is 11.0 Å². The molecule has 2 aromatic heterocycles. The van der Waals surface area contributed by atoms with Crippen molar-refractivity contribution in [1.29, 1.82) is 0 Å². The van der Waals surface area contributed by atoms with E-state index in [-0.39, 0.29) is 24.8 Å². The van der Waals surface area contributed by atoms with Crippen molar-refractivity contribution in [3.05, 3.63) is 18.6 Å². The van der Waals surface area contributed by atoms with Gasteiger partial charge in [0.1, 0.15) is 17.8 Å². The monoisotopic (exact) mass is 409 g/mol. The lowest BCUT2D eigenvalue weighted by Crippen LogP contribution is -2.39. The maximum atomic E-state index is 12.6. The fourth-order valence-corrected chi connectivity index (χ4v) is 6.28. The number of rotatable bonds is 5. The zero-order chi connectivity index (χ0) is 19.9. The molecule has 1 saturated heterocycles. The Hall–Kier alpha value is -1.75. The van der Waals surface area contributed by atoms with Crippen LogP contribution in [0, 0.1) is 5.92 Å². The summed E-state index contributed by atoms with van der Waals surface area (Å²) in [6.45, 7) is -0.0239. The van der Waals surface area contributed by atoms with Gasteiger partial charge in [-0.05, 0) is 37.7 Å². The predicted molar refractivity (Wildman–Crippen MR) is 105 cm³/mol. The Kier molecular flexibility index (Phi) is 5.30. The van der Waals surface area contributed by atoms with E-state index in [9.17, 15) is 18.6 Å². The van der Waals surface area contributed by atoms with Gasteiger partial charge in [0.2, 0.25) is 10.0 Å². The van der Waals surface area contributed by atoms with Crippen molar-refractivity contribution < 1.29 is 18.6 Å². The van der Waals surface area contributed by atoms with E-state index in [1.807, 2.05) is 19.3 Å². The van der Waals surface area contributed by atoms with E-state index in [1.54, 1.807) is 6.33 Å². The molecule has 154 valence electrons. The summed E-state index contributed by atoms with van der Waals surface area (Å²) in [5, 5.41) is 20.2. The molecule has 1 saturated carbocycles. The maximum Gasteiger partial charge on any atom is 0.214 e. The minimum absolute atomic E-state index is 0.0119. The molecule has 2 fully saturated rings. The Labute approximate surface area is 164 Å². The molecule has 0 aromatic carbocycles. The van der Waals surface area contributed by atoms with Gasteiger partial charge in [-0.15, -0.1) is 0 Å². The van der Waals surface area contributed by atoms with Gasteiger partial charge in [-0.1, -0.05) is 0 Å². The zero-order valence-electron chi connectivity index (χ0n) is 15.9. The van der Waals surface area contributed by atoms with Gasteiger partial charge in [0.05, 0.1) is 23.3 Å². The first kappa shape index (κ1) is 19.6. The van der Waals surface area contributed by atoms with Gasteiger partial charge in [-0.25, -0.2) is 18.4 Å². The summed E-state index contributed by atoms with van der Waals surface area (Å²) < 4.78 is 26.5. The Bertz CT molecular complexity index is 915. The molecule has 9 nitrogen and oxygen atoms in total. The highest BCUT2D eigenvalue weighted by Gasteiger charge is 2.38. The van der Waals surface area contributed by atoms with Gasteiger partial charge >= 0.3 is 0 Å². The van der Waals surface area contributed by atoms with Crippen molar-refractivity contribution in [2.24, 2.45) is 5.92 Å². The molecule has 3 N–H and O–H groups in total. The zero-order valence-corrected chi connectivity index (χ0v) is 16.7. The van der Waals surface area contributed by atoms with Crippen molar-refractivity contribution in [2.45, 2.75) is 43.9 Å². The van der Waals surface area contributed by atoms with Crippen LogP contribution < -0.4 is 4.90 Å². The van der Waals surface area contributed by atoms with Gasteiger partial charge in [0.25, 0.3) is 0 Å². The molecule has 0 unspecified atom stereocenters. The minimum atomic E-state index is -3.46. The molecule has 2 atom stereocenters. The number of aromatic nitrogens is 3. The van der Waals surface area contributed by atoms with Crippen LogP contribution in [0.2, 0.25) is 0 Å². The highest BCUT2D eigenvalue weighted by molar-refractivity contribution is 7.89. The quantitative estimate of drug-likeness (QED) is 0.650. The minimum Gasteiger partial charge on any atom is -0.389 e. The number of aromatic amines is 1. The van der Waals surface area contributed by atoms with Crippen LogP contribution in [0.1, 0.15) is 25.7 Å². The van der Waals surface area contributed by atoms with Crippen LogP contribution in [-0.2, 0) is 10.0 Å². The maximum absolute atomic E-state index is 12.6. The van der Waals surface area contributed by atoms with E-state index in [2.05, 4.69) is 19.9 Å². The Morgan fingerprint density at radius 2 is 1.86 bits per heavy atom. The second-order valence-corrected chi connectivity index (χ2v) is 9.97. The standard InChI is InChI=1S/C18H27N5O4S/c1-22(18-14-6-7-19-17(14)20-11-21-18)13-4-2-12(3-5-13)10-28(26,27)23-8-15(24)16(25)9-23/h6-7,11-13,15-16,24-25H,2-5,8-10H2,1H3,(H,19,20,21)/t12?,13?,15-,16+. The van der Waals surface area contributed by atoms with E-state index in [0.717, 1.165) is 42.5 Å². The fourth-order valence-electron chi connectivity index (χ4n) is 4.38. The number of nitrogens with zero attached hydrogens (tertiary/aromatic N) is 4. The van der Waals surface area contributed by atoms with Crippen LogP contribution >= 0.6 is 0 Å². The smallest absolute Gasteiger partial charge is 0.214 e. The summed E-state index contributed by atoms with van der Waals surface area (Å²) in [4.78, 5) is 13.9. The number of sulfonamides is 1. The van der Waals surface area contributed by atoms with Gasteiger partial charge in [-0.3, -0.25) is 0 Å². The molecular weight excluding hydrogens is 382 g/mol. The average molecular weight is 410 g/mol. The van der Waals surface area contributed by atoms with E-state index < -0.39 is 22.2 Å². The lowest BCUT2D eigenvalue weighted by atomic mass is 9.86. The van der Waals surface area contributed by atoms with Gasteiger partial charge in [0, 0.05) is 32.4 Å². The van der Waals surface area contributed by atoms with E-state index in [4.69, 9.17) is 0 Å². The van der Waals surface area contributed by atoms with Gasteiger partial charge in [0.15, 0.2) is 0 Å². The van der Waals surface area contributed by atoms with Gasteiger partial charge < -0.3 is 20.1 Å². The van der Waals surface area contributed by atoms with Crippen molar-refractivity contribution in [1.82, 2.24) is 19.3 Å². The molecule has 0 radical (unpaired) electrons. The first-order chi connectivity index (χ1) is 13.3. The summed E-state index contributed by atoms with van der Waals surface area (Å²) >= 11 is 0. The summed E-state index contributed by atoms with van der Waals surface area (Å²) in [6, 6.07) is 2.28. The number of anilines is 1. The number of H-pyrrole nitrogens is 1. The Morgan fingerprint density at radius 3 is 2.54 bits per heavy atom. The van der Waals surface area contributed by atoms with Crippen LogP contribution in [0.3, 0.4) is 0 Å². The van der Waals surface area contributed by atoms with E-state index in [0.29, 0.717) is 6.04 Å². The third-order valence-corrected chi connectivity index (χ3v) is 8.07. The third kappa shape index (κ3) is 3.73. The summed E-state index contributed by atoms with van der Waals surface area (Å²) in [5.74, 6) is 1.07. The average Bonchev–Trinajstić information content (AvgIpc) is 3.28. The molecule has 2 aromatic rings. The number of β-amino-alcohol motifs (C(OH)–C–C–N with tert-alkyl or cyclic N) is 2. The number of fused-ring (bicyclic) bond motifs is 1. The number of hydrogen-bond donors (Lipinski definition) is 3. The van der Waals surface area contributed by atoms with Crippen LogP contribution in [0.5, 0.6) is 0 Å². The molecule has 28 heavy (non-hydrogen) atoms. The molecule has 0 amide bonds. The van der Waals surface area contributed by atoms with Crippen molar-refractivity contribution in [3.8, 4) is 0 Å². The number of aliphatic hydroxyl groups is 2. The molecule has 3 heterocycles. The van der Waals surface area contributed by atoms with Gasteiger partial charge in [-0.2, -0.15) is 4.31 Å². The van der Waals surface area contributed by atoms with Crippen molar-refractivity contribution in [3.63, 3.8) is 0 Å². The summed E-state index contributed by atoms with van der Waals surface area (Å²) in [6.07, 6.45) is 4.89. The Balaban J connectivity index is 1.36. The van der Waals surface area contributed by atoms with Crippen LogP contribution in [0.15, 0.2) is 18.6 Å². The lowest BCUT2D eigenvalue weighted by Gasteiger charge is -2.35. The Morgan fingerprint density at radius 1 is 1.18 bits per heavy atom. The van der Waals surface area contributed by atoms with Crippen LogP contribution in [0.4, 0.5) is 5.82 Å². The second-order valence-electron chi connectivity index (χ2n) is 7.95. The number of aliphatic hydroxyl groups excluding tert-OH is 2. The largest absolute Gasteiger partial charge is 0.389 e. The fraction of sp³-hybridized carbons (Fsp3) is 0.667. The molecule has 10 heteroatoms. The normalized spacial score (nSPS) is 29.4. The highest BCUT2D eigenvalue weighted by Crippen LogP contribution is 2.32. The van der Waals surface area contributed by atoms with Crippen molar-refractivity contribution in [2.75, 3.05) is 30.8 Å².